The Morgan fingerprint density at radius 2 is 1.54 bits per heavy atom. The number of ether oxygens (including phenoxy) is 2. The summed E-state index contributed by atoms with van der Waals surface area (Å²) >= 11 is 0. The van der Waals surface area contributed by atoms with Crippen molar-refractivity contribution < 1.29 is 31.9 Å². The summed E-state index contributed by atoms with van der Waals surface area (Å²) in [5.74, 6) is -0.854. The van der Waals surface area contributed by atoms with Crippen molar-refractivity contribution in [2.45, 2.75) is 50.7 Å². The molecule has 0 fully saturated rings. The fourth-order valence-corrected chi connectivity index (χ4v) is 5.50. The number of halogens is 1. The van der Waals surface area contributed by atoms with Gasteiger partial charge in [0.15, 0.2) is 11.5 Å². The molecule has 0 radical (unpaired) electrons. The van der Waals surface area contributed by atoms with Crippen LogP contribution < -0.4 is 19.1 Å². The smallest absolute Gasteiger partial charge is 0.264 e. The number of rotatable bonds is 11. The first-order valence-electron chi connectivity index (χ1n) is 12.9. The molecule has 220 valence electrons. The van der Waals surface area contributed by atoms with Crippen LogP contribution in [0.2, 0.25) is 0 Å². The van der Waals surface area contributed by atoms with Crippen molar-refractivity contribution in [2.75, 3.05) is 25.1 Å². The molecule has 41 heavy (non-hydrogen) atoms. The van der Waals surface area contributed by atoms with Gasteiger partial charge in [-0.2, -0.15) is 0 Å². The third-order valence-electron chi connectivity index (χ3n) is 6.20. The molecule has 9 nitrogen and oxygen atoms in total. The molecular weight excluding hydrogens is 549 g/mol. The topological polar surface area (TPSA) is 105 Å². The Hall–Kier alpha value is -4.12. The standard InChI is InChI=1S/C30H36FN3O6S/c1-21(29(36)32-30(2,3)4)33(19-22-12-14-23(31)15-13-22)28(35)20-34(41(37,38)25-10-8-7-9-11-25)24-16-17-26(39-5)27(18-24)40-6/h7-18,21H,19-20H2,1-6H3,(H,32,36)/t21-/m0/s1. The summed E-state index contributed by atoms with van der Waals surface area (Å²) in [5.41, 5.74) is 0.158. The molecular formula is C30H36FN3O6S. The number of methoxy groups -OCH3 is 2. The van der Waals surface area contributed by atoms with E-state index in [1.54, 1.807) is 31.2 Å². The molecule has 3 aromatic rings. The van der Waals surface area contributed by atoms with Gasteiger partial charge in [-0.25, -0.2) is 12.8 Å². The minimum absolute atomic E-state index is 0.0220. The van der Waals surface area contributed by atoms with Gasteiger partial charge in [0, 0.05) is 18.2 Å². The Morgan fingerprint density at radius 3 is 2.10 bits per heavy atom. The number of nitrogens with zero attached hydrogens (tertiary/aromatic N) is 2. The van der Waals surface area contributed by atoms with E-state index in [4.69, 9.17) is 9.47 Å². The van der Waals surface area contributed by atoms with Gasteiger partial charge in [-0.15, -0.1) is 0 Å². The molecule has 0 bridgehead atoms. The third kappa shape index (κ3) is 7.97. The van der Waals surface area contributed by atoms with E-state index in [-0.39, 0.29) is 22.9 Å². The highest BCUT2D eigenvalue weighted by atomic mass is 32.2. The van der Waals surface area contributed by atoms with Crippen molar-refractivity contribution in [1.29, 1.82) is 0 Å². The van der Waals surface area contributed by atoms with Gasteiger partial charge in [0.25, 0.3) is 10.0 Å². The second kappa shape index (κ2) is 13.0. The quantitative estimate of drug-likeness (QED) is 0.358. The maximum atomic E-state index is 14.0. The average molecular weight is 586 g/mol. The maximum absolute atomic E-state index is 14.0. The fourth-order valence-electron chi connectivity index (χ4n) is 4.07. The number of amides is 2. The molecule has 0 aliphatic carbocycles. The normalized spacial score (nSPS) is 12.3. The van der Waals surface area contributed by atoms with Crippen LogP contribution in [0.1, 0.15) is 33.3 Å². The minimum Gasteiger partial charge on any atom is -0.493 e. The summed E-state index contributed by atoms with van der Waals surface area (Å²) in [6, 6.07) is 16.8. The fraction of sp³-hybridized carbons (Fsp3) is 0.333. The first kappa shape index (κ1) is 31.4. The molecule has 0 unspecified atom stereocenters. The zero-order valence-corrected chi connectivity index (χ0v) is 24.9. The van der Waals surface area contributed by atoms with Gasteiger partial charge < -0.3 is 19.7 Å². The molecule has 0 aliphatic heterocycles. The average Bonchev–Trinajstić information content (AvgIpc) is 2.94. The Bertz CT molecular complexity index is 1460. The zero-order valence-electron chi connectivity index (χ0n) is 24.0. The Labute approximate surface area is 240 Å². The van der Waals surface area contributed by atoms with Crippen LogP contribution in [0.25, 0.3) is 0 Å². The molecule has 3 aromatic carbocycles. The molecule has 0 aromatic heterocycles. The highest BCUT2D eigenvalue weighted by Gasteiger charge is 2.33. The molecule has 0 saturated carbocycles. The summed E-state index contributed by atoms with van der Waals surface area (Å²) in [6.07, 6.45) is 0. The van der Waals surface area contributed by atoms with E-state index >= 15 is 0 Å². The van der Waals surface area contributed by atoms with E-state index in [0.717, 1.165) is 4.31 Å². The predicted molar refractivity (Wildman–Crippen MR) is 155 cm³/mol. The van der Waals surface area contributed by atoms with E-state index < -0.39 is 45.8 Å². The SMILES string of the molecule is COc1ccc(N(CC(=O)N(Cc2ccc(F)cc2)[C@@H](C)C(=O)NC(C)(C)C)S(=O)(=O)c2ccccc2)cc1OC. The predicted octanol–water partition coefficient (Wildman–Crippen LogP) is 4.37. The second-order valence-corrected chi connectivity index (χ2v) is 12.3. The van der Waals surface area contributed by atoms with Crippen molar-refractivity contribution >= 4 is 27.5 Å². The second-order valence-electron chi connectivity index (χ2n) is 10.4. The Kier molecular flexibility index (Phi) is 9.98. The van der Waals surface area contributed by atoms with Gasteiger partial charge in [-0.05, 0) is 69.7 Å². The number of nitrogens with one attached hydrogen (secondary N) is 1. The summed E-state index contributed by atoms with van der Waals surface area (Å²) in [7, 11) is -1.37. The lowest BCUT2D eigenvalue weighted by Crippen LogP contribution is -2.54. The molecule has 0 spiro atoms. The third-order valence-corrected chi connectivity index (χ3v) is 7.98. The molecule has 3 rings (SSSR count). The van der Waals surface area contributed by atoms with E-state index in [2.05, 4.69) is 5.32 Å². The summed E-state index contributed by atoms with van der Waals surface area (Å²) in [6.45, 7) is 6.33. The van der Waals surface area contributed by atoms with Crippen molar-refractivity contribution in [3.8, 4) is 11.5 Å². The van der Waals surface area contributed by atoms with Crippen LogP contribution in [0.3, 0.4) is 0 Å². The van der Waals surface area contributed by atoms with Crippen LogP contribution >= 0.6 is 0 Å². The summed E-state index contributed by atoms with van der Waals surface area (Å²) in [5, 5.41) is 2.86. The lowest BCUT2D eigenvalue weighted by atomic mass is 10.1. The number of hydrogen-bond acceptors (Lipinski definition) is 6. The molecule has 1 N–H and O–H groups in total. The number of hydrogen-bond donors (Lipinski definition) is 1. The Balaban J connectivity index is 2.08. The van der Waals surface area contributed by atoms with Crippen LogP contribution in [0.5, 0.6) is 11.5 Å². The maximum Gasteiger partial charge on any atom is 0.264 e. The van der Waals surface area contributed by atoms with Gasteiger partial charge in [-0.3, -0.25) is 13.9 Å². The van der Waals surface area contributed by atoms with E-state index in [9.17, 15) is 22.4 Å². The first-order valence-corrected chi connectivity index (χ1v) is 14.4. The van der Waals surface area contributed by atoms with E-state index in [0.29, 0.717) is 11.3 Å². The zero-order chi connectivity index (χ0) is 30.4. The summed E-state index contributed by atoms with van der Waals surface area (Å²) in [4.78, 5) is 28.4. The van der Waals surface area contributed by atoms with Crippen molar-refractivity contribution in [2.24, 2.45) is 0 Å². The van der Waals surface area contributed by atoms with Gasteiger partial charge in [0.1, 0.15) is 18.4 Å². The monoisotopic (exact) mass is 585 g/mol. The molecule has 1 atom stereocenters. The van der Waals surface area contributed by atoms with E-state index in [1.165, 1.54) is 67.7 Å². The van der Waals surface area contributed by atoms with Crippen LogP contribution in [-0.2, 0) is 26.2 Å². The lowest BCUT2D eigenvalue weighted by molar-refractivity contribution is -0.140. The number of carbonyl (C=O) groups is 2. The van der Waals surface area contributed by atoms with Gasteiger partial charge in [0.2, 0.25) is 11.8 Å². The highest BCUT2D eigenvalue weighted by Crippen LogP contribution is 2.34. The number of sulfonamides is 1. The van der Waals surface area contributed by atoms with Crippen LogP contribution in [-0.4, -0.2) is 57.5 Å². The summed E-state index contributed by atoms with van der Waals surface area (Å²) < 4.78 is 53.0. The molecule has 2 amide bonds. The van der Waals surface area contributed by atoms with Gasteiger partial charge in [-0.1, -0.05) is 30.3 Å². The molecule has 11 heteroatoms. The number of benzene rings is 3. The Morgan fingerprint density at radius 1 is 0.927 bits per heavy atom. The molecule has 0 saturated heterocycles. The number of anilines is 1. The largest absolute Gasteiger partial charge is 0.493 e. The highest BCUT2D eigenvalue weighted by molar-refractivity contribution is 7.92. The lowest BCUT2D eigenvalue weighted by Gasteiger charge is -2.33. The van der Waals surface area contributed by atoms with Crippen LogP contribution in [0, 0.1) is 5.82 Å². The molecule has 0 aliphatic rings. The number of carbonyl (C=O) groups excluding carboxylic acids is 2. The van der Waals surface area contributed by atoms with Crippen molar-refractivity contribution in [3.05, 3.63) is 84.2 Å². The van der Waals surface area contributed by atoms with E-state index in [1.807, 2.05) is 20.8 Å². The van der Waals surface area contributed by atoms with Gasteiger partial charge in [0.05, 0.1) is 24.8 Å². The minimum atomic E-state index is -4.24. The van der Waals surface area contributed by atoms with Crippen molar-refractivity contribution in [1.82, 2.24) is 10.2 Å². The van der Waals surface area contributed by atoms with Crippen LogP contribution in [0.15, 0.2) is 77.7 Å². The first-order chi connectivity index (χ1) is 19.3. The molecule has 0 heterocycles. The van der Waals surface area contributed by atoms with Gasteiger partial charge >= 0.3 is 0 Å². The van der Waals surface area contributed by atoms with Crippen LogP contribution in [0.4, 0.5) is 10.1 Å². The van der Waals surface area contributed by atoms with Crippen molar-refractivity contribution in [3.63, 3.8) is 0 Å².